The Labute approximate surface area is 271 Å². The van der Waals surface area contributed by atoms with E-state index in [9.17, 15) is 9.59 Å². The van der Waals surface area contributed by atoms with Crippen LogP contribution in [-0.4, -0.2) is 54.0 Å². The number of carbonyl (C=O) groups is 2. The first-order valence-electron chi connectivity index (χ1n) is 18.5. The molecule has 0 bridgehead atoms. The van der Waals surface area contributed by atoms with Crippen LogP contribution in [0.5, 0.6) is 0 Å². The van der Waals surface area contributed by atoms with Crippen LogP contribution >= 0.6 is 0 Å². The molecule has 7 aliphatic rings. The lowest BCUT2D eigenvalue weighted by Crippen LogP contribution is -2.64. The van der Waals surface area contributed by atoms with Gasteiger partial charge >= 0.3 is 0 Å². The van der Waals surface area contributed by atoms with Crippen LogP contribution in [0.2, 0.25) is 0 Å². The first kappa shape index (κ1) is 30.4. The Bertz CT molecular complexity index is 1390. The van der Waals surface area contributed by atoms with E-state index in [2.05, 4.69) is 49.2 Å². The van der Waals surface area contributed by atoms with Crippen LogP contribution in [0, 0.1) is 45.8 Å². The summed E-state index contributed by atoms with van der Waals surface area (Å²) in [7, 11) is 0. The van der Waals surface area contributed by atoms with Gasteiger partial charge < -0.3 is 10.1 Å². The zero-order valence-corrected chi connectivity index (χ0v) is 28.4. The molecule has 3 spiro atoms. The van der Waals surface area contributed by atoms with Gasteiger partial charge in [0.05, 0.1) is 17.1 Å². The Morgan fingerprint density at radius 3 is 2.64 bits per heavy atom. The van der Waals surface area contributed by atoms with Crippen molar-refractivity contribution in [2.45, 2.75) is 122 Å². The normalized spacial score (nSPS) is 46.3. The molecule has 0 radical (unpaired) electrons. The second-order valence-corrected chi connectivity index (χ2v) is 17.6. The molecule has 6 fully saturated rings. The van der Waals surface area contributed by atoms with Crippen LogP contribution in [0.3, 0.4) is 0 Å². The molecule has 1 N–H and O–H groups in total. The molecule has 244 valence electrons. The molecule has 11 atom stereocenters. The minimum absolute atomic E-state index is 0.0740. The number of allylic oxidation sites excluding steroid dienone is 2. The summed E-state index contributed by atoms with van der Waals surface area (Å²) in [6.07, 6.45) is 16.8. The molecule has 3 unspecified atom stereocenters. The number of likely N-dealkylation sites (tertiary alicyclic amines) is 1. The summed E-state index contributed by atoms with van der Waals surface area (Å²) in [5, 5.41) is 3.32. The molecular weight excluding hydrogens is 556 g/mol. The first-order chi connectivity index (χ1) is 21.5. The Balaban J connectivity index is 0.993. The summed E-state index contributed by atoms with van der Waals surface area (Å²) in [5.74, 6) is 4.00. The van der Waals surface area contributed by atoms with E-state index < -0.39 is 5.41 Å². The molecule has 4 saturated carbocycles. The van der Waals surface area contributed by atoms with Gasteiger partial charge in [0.15, 0.2) is 5.78 Å². The minimum Gasteiger partial charge on any atom is -0.369 e. The first-order valence-corrected chi connectivity index (χ1v) is 18.5. The fourth-order valence-electron chi connectivity index (χ4n) is 13.0. The lowest BCUT2D eigenvalue weighted by atomic mass is 9.47. The van der Waals surface area contributed by atoms with Gasteiger partial charge in [-0.05, 0) is 105 Å². The summed E-state index contributed by atoms with van der Waals surface area (Å²) < 4.78 is 7.47. The largest absolute Gasteiger partial charge is 0.369 e. The maximum atomic E-state index is 13.3. The van der Waals surface area contributed by atoms with Crippen molar-refractivity contribution in [3.8, 4) is 0 Å². The minimum atomic E-state index is -0.548. The average Bonchev–Trinajstić information content (AvgIpc) is 3.52. The van der Waals surface area contributed by atoms with Crippen LogP contribution < -0.4 is 5.32 Å². The van der Waals surface area contributed by atoms with E-state index in [1.807, 2.05) is 38.1 Å². The molecule has 8 rings (SSSR count). The predicted molar refractivity (Wildman–Crippen MR) is 178 cm³/mol. The number of hydrogen-bond acceptors (Lipinski definition) is 4. The molecule has 2 saturated heterocycles. The molecule has 5 nitrogen and oxygen atoms in total. The van der Waals surface area contributed by atoms with Gasteiger partial charge in [0.1, 0.15) is 0 Å². The smallest absolute Gasteiger partial charge is 0.230 e. The zero-order valence-electron chi connectivity index (χ0n) is 28.4. The van der Waals surface area contributed by atoms with Crippen LogP contribution in [0.1, 0.15) is 104 Å². The number of rotatable bonds is 8. The highest BCUT2D eigenvalue weighted by Crippen LogP contribution is 2.93. The molecule has 45 heavy (non-hydrogen) atoms. The number of ketones is 1. The molecular formula is C40H56N2O3. The lowest BCUT2D eigenvalue weighted by Gasteiger charge is -2.60. The van der Waals surface area contributed by atoms with Crippen LogP contribution in [0.25, 0.3) is 0 Å². The number of ether oxygens (including phenoxy) is 1. The van der Waals surface area contributed by atoms with Crippen molar-refractivity contribution in [2.24, 2.45) is 45.8 Å². The van der Waals surface area contributed by atoms with Gasteiger partial charge in [-0.2, -0.15) is 0 Å². The highest BCUT2D eigenvalue weighted by atomic mass is 16.5. The number of amides is 1. The second kappa shape index (κ2) is 10.3. The van der Waals surface area contributed by atoms with E-state index in [0.717, 1.165) is 43.3 Å². The summed E-state index contributed by atoms with van der Waals surface area (Å²) in [6, 6.07) is 10.7. The zero-order chi connectivity index (χ0) is 31.4. The maximum Gasteiger partial charge on any atom is 0.230 e. The SMILES string of the molecule is CCCC1[C@@H]2CC[C@@]34O[C@@H]5C[C@H](C)CN(CCNC(=O)C(C)(C)c6ccccc6)[C@H]5[C@H]3CC43CC23C[C@@H]1[C@]1(C)C=CC(=O)CC1. The number of benzene rings is 1. The van der Waals surface area contributed by atoms with Crippen LogP contribution in [-0.2, 0) is 19.7 Å². The van der Waals surface area contributed by atoms with Gasteiger partial charge in [-0.1, -0.05) is 70.0 Å². The molecule has 2 aliphatic heterocycles. The molecule has 1 amide bonds. The predicted octanol–water partition coefficient (Wildman–Crippen LogP) is 7.10. The second-order valence-electron chi connectivity index (χ2n) is 17.6. The lowest BCUT2D eigenvalue weighted by molar-refractivity contribution is -0.211. The van der Waals surface area contributed by atoms with Crippen LogP contribution in [0.4, 0.5) is 0 Å². The van der Waals surface area contributed by atoms with Crippen molar-refractivity contribution in [2.75, 3.05) is 19.6 Å². The molecule has 5 aliphatic carbocycles. The Morgan fingerprint density at radius 2 is 1.91 bits per heavy atom. The third kappa shape index (κ3) is 4.11. The standard InChI is InChI=1S/C40H56N2O3/c1-6-10-29-30-15-18-40-32(23-39(40)25-38(30,39)22-31(29)37(5)16-13-28(43)14-17-37)34-33(45-40)21-26(2)24-42(34)20-19-41-35(44)36(3,4)27-11-8-7-9-12-27/h7-9,11-13,16,26,29-34H,6,10,14-15,17-25H2,1-5H3,(H,41,44)/t26-,29?,30-,31-,32+,33+,34-,37+,38?,39?,40+/m0/s1. The fraction of sp³-hybridized carbons (Fsp3) is 0.750. The average molecular weight is 613 g/mol. The van der Waals surface area contributed by atoms with E-state index in [1.165, 1.54) is 51.4 Å². The summed E-state index contributed by atoms with van der Waals surface area (Å²) in [6.45, 7) is 14.0. The van der Waals surface area contributed by atoms with E-state index in [-0.39, 0.29) is 16.9 Å². The molecule has 5 heteroatoms. The van der Waals surface area contributed by atoms with Crippen molar-refractivity contribution in [3.63, 3.8) is 0 Å². The Morgan fingerprint density at radius 1 is 1.11 bits per heavy atom. The van der Waals surface area contributed by atoms with Crippen molar-refractivity contribution in [1.29, 1.82) is 0 Å². The van der Waals surface area contributed by atoms with E-state index in [0.29, 0.717) is 53.1 Å². The summed E-state index contributed by atoms with van der Waals surface area (Å²) in [4.78, 5) is 28.2. The van der Waals surface area contributed by atoms with Gasteiger partial charge in [0, 0.05) is 43.4 Å². The third-order valence-electron chi connectivity index (χ3n) is 15.1. The number of hydrogen-bond donors (Lipinski definition) is 1. The van der Waals surface area contributed by atoms with E-state index in [1.54, 1.807) is 0 Å². The third-order valence-corrected chi connectivity index (χ3v) is 15.1. The Hall–Kier alpha value is -1.98. The van der Waals surface area contributed by atoms with Crippen molar-refractivity contribution < 1.29 is 14.3 Å². The Kier molecular flexibility index (Phi) is 6.92. The summed E-state index contributed by atoms with van der Waals surface area (Å²) >= 11 is 0. The van der Waals surface area contributed by atoms with Gasteiger partial charge in [-0.15, -0.1) is 0 Å². The van der Waals surface area contributed by atoms with Gasteiger partial charge in [-0.25, -0.2) is 0 Å². The number of nitrogens with zero attached hydrogens (tertiary/aromatic N) is 1. The summed E-state index contributed by atoms with van der Waals surface area (Å²) in [5.41, 5.74) is 1.60. The van der Waals surface area contributed by atoms with Crippen molar-refractivity contribution >= 4 is 11.7 Å². The van der Waals surface area contributed by atoms with Crippen LogP contribution in [0.15, 0.2) is 42.5 Å². The molecule has 1 aromatic rings. The molecule has 0 aromatic heterocycles. The maximum absolute atomic E-state index is 13.3. The van der Waals surface area contributed by atoms with Gasteiger partial charge in [0.25, 0.3) is 0 Å². The number of carbonyl (C=O) groups excluding carboxylic acids is 2. The molecule has 1 aromatic carbocycles. The van der Waals surface area contributed by atoms with E-state index >= 15 is 0 Å². The molecule has 2 heterocycles. The van der Waals surface area contributed by atoms with Crippen molar-refractivity contribution in [1.82, 2.24) is 10.2 Å². The van der Waals surface area contributed by atoms with Gasteiger partial charge in [-0.3, -0.25) is 14.5 Å². The fourth-order valence-corrected chi connectivity index (χ4v) is 13.0. The number of piperidine rings is 1. The van der Waals surface area contributed by atoms with Gasteiger partial charge in [0.2, 0.25) is 5.91 Å². The monoisotopic (exact) mass is 612 g/mol. The highest BCUT2D eigenvalue weighted by molar-refractivity contribution is 5.90. The topological polar surface area (TPSA) is 58.6 Å². The quantitative estimate of drug-likeness (QED) is 0.340. The van der Waals surface area contributed by atoms with Crippen molar-refractivity contribution in [3.05, 3.63) is 48.0 Å². The highest BCUT2D eigenvalue weighted by Gasteiger charge is 2.91. The number of fused-ring (bicyclic) bond motifs is 2. The van der Waals surface area contributed by atoms with E-state index in [4.69, 9.17) is 4.74 Å². The number of nitrogens with one attached hydrogen (secondary N) is 1.